The molecule has 2 aromatic carbocycles. The van der Waals surface area contributed by atoms with Crippen LogP contribution in [0.2, 0.25) is 0 Å². The molecule has 0 radical (unpaired) electrons. The zero-order chi connectivity index (χ0) is 19.0. The number of rotatable bonds is 4. The Labute approximate surface area is 158 Å². The lowest BCUT2D eigenvalue weighted by atomic mass is 10.2. The van der Waals surface area contributed by atoms with Crippen LogP contribution >= 0.6 is 11.3 Å². The van der Waals surface area contributed by atoms with Gasteiger partial charge in [-0.2, -0.15) is 9.78 Å². The van der Waals surface area contributed by atoms with Gasteiger partial charge in [0.05, 0.1) is 23.0 Å². The molecule has 27 heavy (non-hydrogen) atoms. The first-order valence-electron chi connectivity index (χ1n) is 8.12. The third kappa shape index (κ3) is 3.39. The highest BCUT2D eigenvalue weighted by atomic mass is 32.1. The van der Waals surface area contributed by atoms with Crippen LogP contribution in [0.5, 0.6) is 5.75 Å². The van der Waals surface area contributed by atoms with Crippen LogP contribution in [0.25, 0.3) is 15.3 Å². The summed E-state index contributed by atoms with van der Waals surface area (Å²) >= 11 is 1.43. The maximum absolute atomic E-state index is 13.4. The third-order valence-corrected chi connectivity index (χ3v) is 4.92. The van der Waals surface area contributed by atoms with E-state index in [9.17, 15) is 9.18 Å². The molecule has 0 unspecified atom stereocenters. The van der Waals surface area contributed by atoms with E-state index >= 15 is 0 Å². The number of aromatic nitrogens is 3. The quantitative estimate of drug-likeness (QED) is 0.575. The SMILES string of the molecule is COc1ccc2nc(-n3nc(C)cc3NC(=O)c3cccc(F)c3)sc2c1. The Balaban J connectivity index is 1.70. The molecule has 0 saturated carbocycles. The second-order valence-corrected chi connectivity index (χ2v) is 6.89. The smallest absolute Gasteiger partial charge is 0.256 e. The van der Waals surface area contributed by atoms with Crippen LogP contribution in [0.15, 0.2) is 48.5 Å². The van der Waals surface area contributed by atoms with Gasteiger partial charge >= 0.3 is 0 Å². The molecule has 6 nitrogen and oxygen atoms in total. The predicted molar refractivity (Wildman–Crippen MR) is 102 cm³/mol. The molecular formula is C19H15FN4O2S. The van der Waals surface area contributed by atoms with Gasteiger partial charge in [-0.3, -0.25) is 4.79 Å². The van der Waals surface area contributed by atoms with Crippen LogP contribution in [-0.2, 0) is 0 Å². The Morgan fingerprint density at radius 3 is 2.85 bits per heavy atom. The first-order chi connectivity index (χ1) is 13.0. The van der Waals surface area contributed by atoms with Gasteiger partial charge in [-0.15, -0.1) is 0 Å². The van der Waals surface area contributed by atoms with Crippen molar-refractivity contribution >= 4 is 33.3 Å². The van der Waals surface area contributed by atoms with Gasteiger partial charge in [0.1, 0.15) is 17.4 Å². The highest BCUT2D eigenvalue weighted by molar-refractivity contribution is 7.20. The van der Waals surface area contributed by atoms with Crippen LogP contribution in [0, 0.1) is 12.7 Å². The topological polar surface area (TPSA) is 69.0 Å². The molecule has 2 aromatic heterocycles. The number of ether oxygens (including phenoxy) is 1. The van der Waals surface area contributed by atoms with E-state index in [1.165, 1.54) is 29.5 Å². The molecule has 8 heteroatoms. The van der Waals surface area contributed by atoms with E-state index in [-0.39, 0.29) is 5.56 Å². The van der Waals surface area contributed by atoms with E-state index in [0.717, 1.165) is 21.7 Å². The average molecular weight is 382 g/mol. The van der Waals surface area contributed by atoms with Gasteiger partial charge in [-0.05, 0) is 43.3 Å². The van der Waals surface area contributed by atoms with Crippen molar-refractivity contribution in [2.45, 2.75) is 6.92 Å². The lowest BCUT2D eigenvalue weighted by Gasteiger charge is -2.06. The highest BCUT2D eigenvalue weighted by Gasteiger charge is 2.16. The second kappa shape index (κ2) is 6.81. The summed E-state index contributed by atoms with van der Waals surface area (Å²) < 4.78 is 21.1. The largest absolute Gasteiger partial charge is 0.497 e. The van der Waals surface area contributed by atoms with Crippen molar-refractivity contribution in [3.8, 4) is 10.9 Å². The number of nitrogens with one attached hydrogen (secondary N) is 1. The maximum Gasteiger partial charge on any atom is 0.256 e. The third-order valence-electron chi connectivity index (χ3n) is 3.93. The summed E-state index contributed by atoms with van der Waals surface area (Å²) in [4.78, 5) is 17.0. The van der Waals surface area contributed by atoms with Crippen LogP contribution in [-0.4, -0.2) is 27.8 Å². The summed E-state index contributed by atoms with van der Waals surface area (Å²) in [6.45, 7) is 1.82. The standard InChI is InChI=1S/C19H15FN4O2S/c1-11-8-17(22-18(25)12-4-3-5-13(20)9-12)24(23-11)19-21-15-7-6-14(26-2)10-16(15)27-19/h3-10H,1-2H3,(H,22,25). The molecule has 4 aromatic rings. The Morgan fingerprint density at radius 1 is 1.22 bits per heavy atom. The number of aryl methyl sites for hydroxylation is 1. The molecular weight excluding hydrogens is 367 g/mol. The number of thiazole rings is 1. The second-order valence-electron chi connectivity index (χ2n) is 5.88. The fourth-order valence-electron chi connectivity index (χ4n) is 2.66. The Kier molecular flexibility index (Phi) is 4.33. The Hall–Kier alpha value is -3.26. The number of hydrogen-bond acceptors (Lipinski definition) is 5. The van der Waals surface area contributed by atoms with Gasteiger partial charge in [0.25, 0.3) is 5.91 Å². The normalized spacial score (nSPS) is 10.9. The number of carbonyl (C=O) groups excluding carboxylic acids is 1. The van der Waals surface area contributed by atoms with Crippen molar-refractivity contribution in [1.82, 2.24) is 14.8 Å². The van der Waals surface area contributed by atoms with Gasteiger partial charge < -0.3 is 10.1 Å². The van der Waals surface area contributed by atoms with E-state index in [1.807, 2.05) is 25.1 Å². The van der Waals surface area contributed by atoms with Crippen molar-refractivity contribution in [3.05, 3.63) is 65.6 Å². The first-order valence-corrected chi connectivity index (χ1v) is 8.94. The number of amides is 1. The molecule has 0 aliphatic heterocycles. The van der Waals surface area contributed by atoms with Gasteiger partial charge in [0.15, 0.2) is 0 Å². The minimum absolute atomic E-state index is 0.231. The zero-order valence-corrected chi connectivity index (χ0v) is 15.4. The number of carbonyl (C=O) groups is 1. The fraction of sp³-hybridized carbons (Fsp3) is 0.105. The summed E-state index contributed by atoms with van der Waals surface area (Å²) in [6.07, 6.45) is 0. The van der Waals surface area contributed by atoms with Crippen molar-refractivity contribution in [2.24, 2.45) is 0 Å². The van der Waals surface area contributed by atoms with E-state index < -0.39 is 11.7 Å². The van der Waals surface area contributed by atoms with Gasteiger partial charge in [-0.25, -0.2) is 9.37 Å². The molecule has 0 aliphatic carbocycles. The Bertz CT molecular complexity index is 1150. The Morgan fingerprint density at radius 2 is 2.07 bits per heavy atom. The molecule has 0 fully saturated rings. The van der Waals surface area contributed by atoms with Gasteiger partial charge in [0, 0.05) is 11.6 Å². The van der Waals surface area contributed by atoms with Gasteiger partial charge in [0.2, 0.25) is 5.13 Å². The number of methoxy groups -OCH3 is 1. The van der Waals surface area contributed by atoms with Crippen molar-refractivity contribution in [2.75, 3.05) is 12.4 Å². The summed E-state index contributed by atoms with van der Waals surface area (Å²) in [5, 5.41) is 7.82. The van der Waals surface area contributed by atoms with E-state index in [0.29, 0.717) is 10.9 Å². The summed E-state index contributed by atoms with van der Waals surface area (Å²) in [5.41, 5.74) is 1.77. The van der Waals surface area contributed by atoms with Crippen molar-refractivity contribution in [1.29, 1.82) is 0 Å². The summed E-state index contributed by atoms with van der Waals surface area (Å²) in [7, 11) is 1.61. The highest BCUT2D eigenvalue weighted by Crippen LogP contribution is 2.30. The van der Waals surface area contributed by atoms with Crippen molar-refractivity contribution < 1.29 is 13.9 Å². The van der Waals surface area contributed by atoms with E-state index in [2.05, 4.69) is 15.4 Å². The van der Waals surface area contributed by atoms with E-state index in [4.69, 9.17) is 4.74 Å². The number of benzene rings is 2. The van der Waals surface area contributed by atoms with Crippen LogP contribution in [0.4, 0.5) is 10.2 Å². The summed E-state index contributed by atoms with van der Waals surface area (Å²) in [5.74, 6) is 0.327. The van der Waals surface area contributed by atoms with Crippen LogP contribution < -0.4 is 10.1 Å². The molecule has 0 spiro atoms. The molecule has 4 rings (SSSR count). The molecule has 0 saturated heterocycles. The van der Waals surface area contributed by atoms with Crippen LogP contribution in [0.1, 0.15) is 16.1 Å². The minimum atomic E-state index is -0.465. The monoisotopic (exact) mass is 382 g/mol. The molecule has 2 heterocycles. The number of fused-ring (bicyclic) bond motifs is 1. The number of halogens is 1. The predicted octanol–water partition coefficient (Wildman–Crippen LogP) is 4.19. The zero-order valence-electron chi connectivity index (χ0n) is 14.6. The molecule has 0 aliphatic rings. The molecule has 0 atom stereocenters. The lowest BCUT2D eigenvalue weighted by molar-refractivity contribution is 0.102. The van der Waals surface area contributed by atoms with E-state index in [1.54, 1.807) is 23.9 Å². The summed E-state index contributed by atoms with van der Waals surface area (Å²) in [6, 6.07) is 12.9. The number of anilines is 1. The van der Waals surface area contributed by atoms with Gasteiger partial charge in [-0.1, -0.05) is 17.4 Å². The molecule has 1 amide bonds. The average Bonchev–Trinajstić information content (AvgIpc) is 3.23. The van der Waals surface area contributed by atoms with Crippen LogP contribution in [0.3, 0.4) is 0 Å². The lowest BCUT2D eigenvalue weighted by Crippen LogP contribution is -2.15. The molecule has 136 valence electrons. The minimum Gasteiger partial charge on any atom is -0.497 e. The number of hydrogen-bond donors (Lipinski definition) is 1. The maximum atomic E-state index is 13.4. The molecule has 0 bridgehead atoms. The number of nitrogens with zero attached hydrogens (tertiary/aromatic N) is 3. The first kappa shape index (κ1) is 17.2. The fourth-order valence-corrected chi connectivity index (χ4v) is 3.62. The van der Waals surface area contributed by atoms with Crippen molar-refractivity contribution in [3.63, 3.8) is 0 Å². The molecule has 1 N–H and O–H groups in total.